The molecule has 0 unspecified atom stereocenters. The Kier molecular flexibility index (Phi) is 5.30. The Morgan fingerprint density at radius 1 is 0.963 bits per heavy atom. The molecule has 0 N–H and O–H groups in total. The van der Waals surface area contributed by atoms with Crippen molar-refractivity contribution in [2.45, 2.75) is 19.3 Å². The molecule has 0 bridgehead atoms. The van der Waals surface area contributed by atoms with Crippen LogP contribution in [0.1, 0.15) is 29.6 Å². The molecule has 1 saturated heterocycles. The van der Waals surface area contributed by atoms with E-state index in [0.29, 0.717) is 5.69 Å². The van der Waals surface area contributed by atoms with Gasteiger partial charge in [-0.3, -0.25) is 20.2 Å². The van der Waals surface area contributed by atoms with E-state index in [2.05, 4.69) is 0 Å². The fraction of sp³-hybridized carbons (Fsp3) is 0.278. The Labute approximate surface area is 154 Å². The van der Waals surface area contributed by atoms with Gasteiger partial charge < -0.3 is 9.64 Å². The largest absolute Gasteiger partial charge is 0.423 e. The molecular formula is C18H17N3O6. The van der Waals surface area contributed by atoms with Crippen molar-refractivity contribution in [3.8, 4) is 5.75 Å². The molecule has 0 atom stereocenters. The van der Waals surface area contributed by atoms with Gasteiger partial charge in [0.05, 0.1) is 21.5 Å². The second-order valence-corrected chi connectivity index (χ2v) is 6.15. The van der Waals surface area contributed by atoms with E-state index >= 15 is 0 Å². The lowest BCUT2D eigenvalue weighted by Gasteiger charge is -2.28. The number of nitrogens with zero attached hydrogens (tertiary/aromatic N) is 3. The highest BCUT2D eigenvalue weighted by Crippen LogP contribution is 2.31. The third-order valence-corrected chi connectivity index (χ3v) is 4.34. The molecule has 1 aliphatic heterocycles. The Morgan fingerprint density at radius 3 is 2.37 bits per heavy atom. The van der Waals surface area contributed by atoms with E-state index < -0.39 is 15.8 Å². The first-order valence-electron chi connectivity index (χ1n) is 8.46. The van der Waals surface area contributed by atoms with Crippen molar-refractivity contribution in [2.75, 3.05) is 18.0 Å². The van der Waals surface area contributed by atoms with E-state index in [9.17, 15) is 25.0 Å². The minimum Gasteiger partial charge on any atom is -0.423 e. The smallest absolute Gasteiger partial charge is 0.343 e. The molecule has 0 amide bonds. The van der Waals surface area contributed by atoms with E-state index in [4.69, 9.17) is 4.74 Å². The third kappa shape index (κ3) is 4.20. The number of anilines is 1. The van der Waals surface area contributed by atoms with Crippen LogP contribution in [-0.2, 0) is 0 Å². The van der Waals surface area contributed by atoms with Crippen LogP contribution in [0.25, 0.3) is 0 Å². The van der Waals surface area contributed by atoms with Gasteiger partial charge in [0, 0.05) is 25.2 Å². The van der Waals surface area contributed by atoms with Crippen LogP contribution in [0.2, 0.25) is 0 Å². The van der Waals surface area contributed by atoms with E-state index in [1.54, 1.807) is 6.07 Å². The summed E-state index contributed by atoms with van der Waals surface area (Å²) < 4.78 is 5.13. The quantitative estimate of drug-likeness (QED) is 0.340. The zero-order valence-corrected chi connectivity index (χ0v) is 14.4. The Balaban J connectivity index is 1.84. The van der Waals surface area contributed by atoms with Crippen LogP contribution in [0.5, 0.6) is 5.75 Å². The molecule has 0 aliphatic carbocycles. The number of esters is 1. The van der Waals surface area contributed by atoms with Crippen molar-refractivity contribution in [2.24, 2.45) is 0 Å². The van der Waals surface area contributed by atoms with Crippen LogP contribution in [0.4, 0.5) is 17.1 Å². The number of carbonyl (C=O) groups is 1. The molecule has 0 spiro atoms. The number of nitro groups is 2. The number of non-ortho nitro benzene ring substituents is 1. The number of rotatable bonds is 5. The fourth-order valence-electron chi connectivity index (χ4n) is 3.03. The number of piperidine rings is 1. The zero-order valence-electron chi connectivity index (χ0n) is 14.4. The average molecular weight is 371 g/mol. The molecule has 0 aromatic heterocycles. The number of benzene rings is 2. The summed E-state index contributed by atoms with van der Waals surface area (Å²) in [6.45, 7) is 1.47. The molecule has 0 radical (unpaired) electrons. The maximum absolute atomic E-state index is 12.3. The molecule has 1 aliphatic rings. The summed E-state index contributed by atoms with van der Waals surface area (Å²) in [5, 5.41) is 22.3. The van der Waals surface area contributed by atoms with Gasteiger partial charge >= 0.3 is 5.97 Å². The molecule has 27 heavy (non-hydrogen) atoms. The Bertz CT molecular complexity index is 892. The van der Waals surface area contributed by atoms with E-state index in [-0.39, 0.29) is 22.7 Å². The summed E-state index contributed by atoms with van der Waals surface area (Å²) in [5.41, 5.74) is 0.109. The summed E-state index contributed by atoms with van der Waals surface area (Å²) in [6.07, 6.45) is 3.03. The van der Waals surface area contributed by atoms with Crippen LogP contribution in [0.15, 0.2) is 42.5 Å². The van der Waals surface area contributed by atoms with Crippen molar-refractivity contribution in [1.82, 2.24) is 0 Å². The number of carbonyl (C=O) groups excluding carboxylic acids is 1. The van der Waals surface area contributed by atoms with Crippen LogP contribution < -0.4 is 9.64 Å². The third-order valence-electron chi connectivity index (χ3n) is 4.34. The summed E-state index contributed by atoms with van der Waals surface area (Å²) in [6, 6.07) is 9.39. The predicted octanol–water partition coefficient (Wildman–Crippen LogP) is 3.71. The molecule has 9 nitrogen and oxygen atoms in total. The van der Waals surface area contributed by atoms with Crippen LogP contribution in [0.3, 0.4) is 0 Å². The molecular weight excluding hydrogens is 354 g/mol. The van der Waals surface area contributed by atoms with Crippen molar-refractivity contribution >= 4 is 23.0 Å². The second-order valence-electron chi connectivity index (χ2n) is 6.15. The van der Waals surface area contributed by atoms with Gasteiger partial charge in [-0.1, -0.05) is 6.07 Å². The molecule has 3 rings (SSSR count). The number of hydrogen-bond donors (Lipinski definition) is 0. The van der Waals surface area contributed by atoms with Crippen molar-refractivity contribution in [3.63, 3.8) is 0 Å². The first-order chi connectivity index (χ1) is 13.0. The first-order valence-corrected chi connectivity index (χ1v) is 8.46. The molecule has 1 fully saturated rings. The van der Waals surface area contributed by atoms with Gasteiger partial charge in [0.25, 0.3) is 11.4 Å². The molecule has 2 aromatic carbocycles. The minimum absolute atomic E-state index is 0.00281. The maximum Gasteiger partial charge on any atom is 0.343 e. The van der Waals surface area contributed by atoms with Crippen LogP contribution in [-0.4, -0.2) is 28.9 Å². The number of nitro benzene ring substituents is 2. The fourth-order valence-corrected chi connectivity index (χ4v) is 3.03. The van der Waals surface area contributed by atoms with Gasteiger partial charge in [-0.25, -0.2) is 4.79 Å². The van der Waals surface area contributed by atoms with Gasteiger partial charge in [0.15, 0.2) is 0 Å². The Morgan fingerprint density at radius 2 is 1.70 bits per heavy atom. The van der Waals surface area contributed by atoms with Crippen molar-refractivity contribution < 1.29 is 19.4 Å². The topological polar surface area (TPSA) is 116 Å². The molecule has 0 saturated carbocycles. The van der Waals surface area contributed by atoms with Crippen molar-refractivity contribution in [1.29, 1.82) is 0 Å². The molecule has 140 valence electrons. The van der Waals surface area contributed by atoms with E-state index in [0.717, 1.165) is 38.4 Å². The number of ether oxygens (including phenoxy) is 1. The van der Waals surface area contributed by atoms with Gasteiger partial charge in [-0.05, 0) is 37.5 Å². The van der Waals surface area contributed by atoms with Crippen LogP contribution >= 0.6 is 0 Å². The SMILES string of the molecule is O=C(Oc1cccc([N+](=O)[O-])c1)c1ccc(N2CCCCC2)c([N+](=O)[O-])c1. The van der Waals surface area contributed by atoms with Crippen LogP contribution in [0, 0.1) is 20.2 Å². The first kappa shape index (κ1) is 18.3. The molecule has 2 aromatic rings. The summed E-state index contributed by atoms with van der Waals surface area (Å²) >= 11 is 0. The van der Waals surface area contributed by atoms with E-state index in [1.807, 2.05) is 4.90 Å². The second kappa shape index (κ2) is 7.81. The highest BCUT2D eigenvalue weighted by Gasteiger charge is 2.24. The van der Waals surface area contributed by atoms with Gasteiger partial charge in [-0.15, -0.1) is 0 Å². The van der Waals surface area contributed by atoms with Gasteiger partial charge in [0.1, 0.15) is 11.4 Å². The van der Waals surface area contributed by atoms with Gasteiger partial charge in [0.2, 0.25) is 0 Å². The lowest BCUT2D eigenvalue weighted by Crippen LogP contribution is -2.30. The summed E-state index contributed by atoms with van der Waals surface area (Å²) in [5.74, 6) is -0.819. The predicted molar refractivity (Wildman–Crippen MR) is 97.2 cm³/mol. The zero-order chi connectivity index (χ0) is 19.4. The van der Waals surface area contributed by atoms with Gasteiger partial charge in [-0.2, -0.15) is 0 Å². The highest BCUT2D eigenvalue weighted by molar-refractivity contribution is 5.93. The lowest BCUT2D eigenvalue weighted by atomic mass is 10.1. The van der Waals surface area contributed by atoms with Crippen molar-refractivity contribution in [3.05, 3.63) is 68.3 Å². The maximum atomic E-state index is 12.3. The summed E-state index contributed by atoms with van der Waals surface area (Å²) in [7, 11) is 0. The molecule has 1 heterocycles. The standard InChI is InChI=1S/C18H17N3O6/c22-18(27-15-6-4-5-14(12-15)20(23)24)13-7-8-16(17(11-13)21(25)26)19-9-2-1-3-10-19/h4-8,11-12H,1-3,9-10H2. The summed E-state index contributed by atoms with van der Waals surface area (Å²) in [4.78, 5) is 35.4. The normalized spacial score (nSPS) is 13.9. The monoisotopic (exact) mass is 371 g/mol. The lowest BCUT2D eigenvalue weighted by molar-refractivity contribution is -0.385. The number of hydrogen-bond acceptors (Lipinski definition) is 7. The average Bonchev–Trinajstić information content (AvgIpc) is 2.68. The molecule has 9 heteroatoms. The Hall–Kier alpha value is -3.49. The highest BCUT2D eigenvalue weighted by atomic mass is 16.6. The minimum atomic E-state index is -0.816. The van der Waals surface area contributed by atoms with E-state index in [1.165, 1.54) is 30.3 Å².